The molecule has 0 aliphatic heterocycles. The highest BCUT2D eigenvalue weighted by atomic mass is 35.5. The van der Waals surface area contributed by atoms with Crippen molar-refractivity contribution in [3.05, 3.63) is 52.8 Å². The molecule has 7 nitrogen and oxygen atoms in total. The molecule has 0 atom stereocenters. The minimum atomic E-state index is -0.608. The van der Waals surface area contributed by atoms with Gasteiger partial charge >= 0.3 is 0 Å². The van der Waals surface area contributed by atoms with Crippen LogP contribution in [0, 0.1) is 5.82 Å². The maximum absolute atomic E-state index is 12.8. The van der Waals surface area contributed by atoms with Crippen LogP contribution in [0.25, 0.3) is 0 Å². The number of amides is 2. The molecule has 2 rings (SSSR count). The first-order valence-electron chi connectivity index (χ1n) is 7.33. The number of nitrogens with one attached hydrogen (secondary N) is 2. The summed E-state index contributed by atoms with van der Waals surface area (Å²) in [5, 5.41) is 0.183. The summed E-state index contributed by atoms with van der Waals surface area (Å²) in [6, 6.07) is 7.96. The van der Waals surface area contributed by atoms with Crippen molar-refractivity contribution in [2.24, 2.45) is 0 Å². The van der Waals surface area contributed by atoms with Crippen LogP contribution < -0.4 is 25.1 Å². The van der Waals surface area contributed by atoms with E-state index in [9.17, 15) is 14.0 Å². The van der Waals surface area contributed by atoms with Crippen molar-refractivity contribution in [2.75, 3.05) is 20.8 Å². The monoisotopic (exact) mass is 382 g/mol. The topological polar surface area (TPSA) is 85.9 Å². The van der Waals surface area contributed by atoms with Gasteiger partial charge in [-0.25, -0.2) is 4.39 Å². The zero-order chi connectivity index (χ0) is 19.1. The van der Waals surface area contributed by atoms with Gasteiger partial charge in [0.15, 0.2) is 18.1 Å². The molecule has 9 heteroatoms. The van der Waals surface area contributed by atoms with E-state index in [0.29, 0.717) is 11.5 Å². The fraction of sp³-hybridized carbons (Fsp3) is 0.176. The number of carbonyl (C=O) groups is 2. The third kappa shape index (κ3) is 5.00. The van der Waals surface area contributed by atoms with E-state index >= 15 is 0 Å². The molecular weight excluding hydrogens is 367 g/mol. The van der Waals surface area contributed by atoms with Crippen molar-refractivity contribution in [2.45, 2.75) is 0 Å². The summed E-state index contributed by atoms with van der Waals surface area (Å²) in [4.78, 5) is 23.8. The standard InChI is InChI=1S/C17H16ClFN2O5/c1-24-14-8-10(7-13(18)16(14)25-2)17(23)21-20-15(22)9-26-12-5-3-11(19)4-6-12/h3-8H,9H2,1-2H3,(H,20,22)(H,21,23). The van der Waals surface area contributed by atoms with Gasteiger partial charge in [-0.1, -0.05) is 11.6 Å². The first-order chi connectivity index (χ1) is 12.4. The van der Waals surface area contributed by atoms with Gasteiger partial charge in [0.2, 0.25) is 0 Å². The van der Waals surface area contributed by atoms with Gasteiger partial charge in [0.25, 0.3) is 11.8 Å². The van der Waals surface area contributed by atoms with E-state index in [4.69, 9.17) is 25.8 Å². The van der Waals surface area contributed by atoms with Gasteiger partial charge in [-0.15, -0.1) is 0 Å². The normalized spacial score (nSPS) is 10.0. The van der Waals surface area contributed by atoms with Crippen LogP contribution in [-0.4, -0.2) is 32.6 Å². The summed E-state index contributed by atoms with van der Waals surface area (Å²) in [5.41, 5.74) is 4.58. The van der Waals surface area contributed by atoms with E-state index in [0.717, 1.165) is 0 Å². The molecule has 2 amide bonds. The van der Waals surface area contributed by atoms with Crippen molar-refractivity contribution >= 4 is 23.4 Å². The van der Waals surface area contributed by atoms with E-state index in [2.05, 4.69) is 10.9 Å². The predicted molar refractivity (Wildman–Crippen MR) is 92.1 cm³/mol. The summed E-state index contributed by atoms with van der Waals surface area (Å²) < 4.78 is 28.1. The van der Waals surface area contributed by atoms with Gasteiger partial charge in [0, 0.05) is 5.56 Å². The molecule has 2 aromatic carbocycles. The molecule has 2 N–H and O–H groups in total. The number of benzene rings is 2. The van der Waals surface area contributed by atoms with Crippen LogP contribution in [0.3, 0.4) is 0 Å². The molecule has 0 unspecified atom stereocenters. The second-order valence-corrected chi connectivity index (χ2v) is 5.35. The summed E-state index contributed by atoms with van der Waals surface area (Å²) in [6.07, 6.45) is 0. The minimum Gasteiger partial charge on any atom is -0.493 e. The third-order valence-corrected chi connectivity index (χ3v) is 3.48. The van der Waals surface area contributed by atoms with Crippen LogP contribution in [0.5, 0.6) is 17.2 Å². The molecule has 0 aromatic heterocycles. The van der Waals surface area contributed by atoms with Crippen molar-refractivity contribution < 1.29 is 28.2 Å². The average molecular weight is 383 g/mol. The van der Waals surface area contributed by atoms with Gasteiger partial charge in [-0.05, 0) is 36.4 Å². The van der Waals surface area contributed by atoms with Gasteiger partial charge in [0.1, 0.15) is 11.6 Å². The van der Waals surface area contributed by atoms with Gasteiger partial charge in [-0.3, -0.25) is 20.4 Å². The first-order valence-corrected chi connectivity index (χ1v) is 7.71. The highest BCUT2D eigenvalue weighted by molar-refractivity contribution is 6.32. The quantitative estimate of drug-likeness (QED) is 0.749. The van der Waals surface area contributed by atoms with Crippen LogP contribution in [0.15, 0.2) is 36.4 Å². The zero-order valence-electron chi connectivity index (χ0n) is 14.0. The Kier molecular flexibility index (Phi) is 6.62. The maximum Gasteiger partial charge on any atom is 0.276 e. The number of halogens is 2. The minimum absolute atomic E-state index is 0.160. The zero-order valence-corrected chi connectivity index (χ0v) is 14.7. The lowest BCUT2D eigenvalue weighted by Gasteiger charge is -2.12. The molecular formula is C17H16ClFN2O5. The van der Waals surface area contributed by atoms with E-state index in [1.54, 1.807) is 0 Å². The Labute approximate surface area is 154 Å². The van der Waals surface area contributed by atoms with E-state index in [-0.39, 0.29) is 22.9 Å². The van der Waals surface area contributed by atoms with Crippen molar-refractivity contribution in [3.8, 4) is 17.2 Å². The van der Waals surface area contributed by atoms with Crippen LogP contribution >= 0.6 is 11.6 Å². The molecule has 0 saturated carbocycles. The molecule has 2 aromatic rings. The lowest BCUT2D eigenvalue weighted by Crippen LogP contribution is -2.43. The second-order valence-electron chi connectivity index (χ2n) is 4.94. The van der Waals surface area contributed by atoms with E-state index in [1.807, 2.05) is 0 Å². The molecule has 0 aliphatic carbocycles. The molecule has 0 radical (unpaired) electrons. The number of ether oxygens (including phenoxy) is 3. The number of methoxy groups -OCH3 is 2. The summed E-state index contributed by atoms with van der Waals surface area (Å²) in [6.45, 7) is -0.362. The Bertz CT molecular complexity index is 798. The first kappa shape index (κ1) is 19.3. The molecule has 0 fully saturated rings. The van der Waals surface area contributed by atoms with E-state index < -0.39 is 17.6 Å². The fourth-order valence-corrected chi connectivity index (χ4v) is 2.25. The molecule has 26 heavy (non-hydrogen) atoms. The summed E-state index contributed by atoms with van der Waals surface area (Å²) >= 11 is 6.03. The third-order valence-electron chi connectivity index (χ3n) is 3.19. The van der Waals surface area contributed by atoms with Crippen LogP contribution in [0.2, 0.25) is 5.02 Å². The molecule has 0 spiro atoms. The average Bonchev–Trinajstić information content (AvgIpc) is 2.64. The Balaban J connectivity index is 1.90. The number of hydrogen-bond acceptors (Lipinski definition) is 5. The predicted octanol–water partition coefficient (Wildman–Crippen LogP) is 2.34. The fourth-order valence-electron chi connectivity index (χ4n) is 1.96. The summed E-state index contributed by atoms with van der Waals surface area (Å²) in [5.74, 6) is -0.738. The van der Waals surface area contributed by atoms with Crippen LogP contribution in [0.1, 0.15) is 10.4 Å². The van der Waals surface area contributed by atoms with E-state index in [1.165, 1.54) is 50.6 Å². The molecule has 0 heterocycles. The molecule has 138 valence electrons. The smallest absolute Gasteiger partial charge is 0.276 e. The highest BCUT2D eigenvalue weighted by Crippen LogP contribution is 2.35. The SMILES string of the molecule is COc1cc(C(=O)NNC(=O)COc2ccc(F)cc2)cc(Cl)c1OC. The number of carbonyl (C=O) groups excluding carboxylic acids is 2. The number of hydrazine groups is 1. The summed E-state index contributed by atoms with van der Waals surface area (Å²) in [7, 11) is 2.83. The Morgan fingerprint density at radius 2 is 1.77 bits per heavy atom. The lowest BCUT2D eigenvalue weighted by molar-refractivity contribution is -0.123. The number of hydrogen-bond donors (Lipinski definition) is 2. The Morgan fingerprint density at radius 1 is 1.08 bits per heavy atom. The van der Waals surface area contributed by atoms with Crippen LogP contribution in [0.4, 0.5) is 4.39 Å². The van der Waals surface area contributed by atoms with Gasteiger partial charge in [-0.2, -0.15) is 0 Å². The largest absolute Gasteiger partial charge is 0.493 e. The second kappa shape index (κ2) is 8.91. The lowest BCUT2D eigenvalue weighted by atomic mass is 10.2. The molecule has 0 saturated heterocycles. The maximum atomic E-state index is 12.8. The molecule has 0 bridgehead atoms. The van der Waals surface area contributed by atoms with Crippen molar-refractivity contribution in [1.29, 1.82) is 0 Å². The van der Waals surface area contributed by atoms with Crippen LogP contribution in [-0.2, 0) is 4.79 Å². The van der Waals surface area contributed by atoms with Crippen molar-refractivity contribution in [3.63, 3.8) is 0 Å². The van der Waals surface area contributed by atoms with Crippen molar-refractivity contribution in [1.82, 2.24) is 10.9 Å². The Morgan fingerprint density at radius 3 is 2.38 bits per heavy atom. The van der Waals surface area contributed by atoms with Gasteiger partial charge in [0.05, 0.1) is 19.2 Å². The number of rotatable bonds is 6. The highest BCUT2D eigenvalue weighted by Gasteiger charge is 2.15. The molecule has 0 aliphatic rings. The Hall–Kier alpha value is -3.00. The van der Waals surface area contributed by atoms with Gasteiger partial charge < -0.3 is 14.2 Å².